The van der Waals surface area contributed by atoms with E-state index >= 15 is 0 Å². The van der Waals surface area contributed by atoms with Gasteiger partial charge in [-0.25, -0.2) is 4.39 Å². The van der Waals surface area contributed by atoms with Crippen LogP contribution < -0.4 is 15.6 Å². The van der Waals surface area contributed by atoms with Gasteiger partial charge in [-0.2, -0.15) is 0 Å². The highest BCUT2D eigenvalue weighted by atomic mass is 19.1. The normalized spacial score (nSPS) is 10.2. The average Bonchev–Trinajstić information content (AvgIpc) is 3.20. The molecule has 0 bridgehead atoms. The molecule has 0 unspecified atom stereocenters. The lowest BCUT2D eigenvalue weighted by molar-refractivity contribution is -0.123. The highest BCUT2D eigenvalue weighted by Gasteiger charge is 2.10. The van der Waals surface area contributed by atoms with Crippen LogP contribution in [0.4, 0.5) is 4.39 Å². The predicted molar refractivity (Wildman–Crippen MR) is 87.2 cm³/mol. The number of para-hydroxylation sites is 1. The van der Waals surface area contributed by atoms with E-state index in [0.29, 0.717) is 17.0 Å². The molecule has 1 aromatic heterocycles. The lowest BCUT2D eigenvalue weighted by Gasteiger charge is -2.09. The van der Waals surface area contributed by atoms with Gasteiger partial charge in [0.1, 0.15) is 0 Å². The van der Waals surface area contributed by atoms with Gasteiger partial charge in [-0.3, -0.25) is 20.4 Å². The fraction of sp³-hybridized carbons (Fsp3) is 0.0588. The van der Waals surface area contributed by atoms with E-state index in [1.54, 1.807) is 18.2 Å². The zero-order valence-corrected chi connectivity index (χ0v) is 13.3. The maximum Gasteiger partial charge on any atom is 0.276 e. The van der Waals surface area contributed by atoms with E-state index in [-0.39, 0.29) is 5.75 Å². The Morgan fingerprint density at radius 1 is 1.08 bits per heavy atom. The molecule has 0 radical (unpaired) electrons. The first kappa shape index (κ1) is 17.1. The molecule has 1 heterocycles. The molecule has 8 nitrogen and oxygen atoms in total. The third-order valence-corrected chi connectivity index (χ3v) is 3.26. The molecule has 3 rings (SSSR count). The molecule has 0 fully saturated rings. The second-order valence-corrected chi connectivity index (χ2v) is 5.04. The number of hydrazine groups is 1. The van der Waals surface area contributed by atoms with Crippen LogP contribution in [0.25, 0.3) is 11.5 Å². The molecular formula is C17H13FN4O4. The summed E-state index contributed by atoms with van der Waals surface area (Å²) in [4.78, 5) is 23.7. The Kier molecular flexibility index (Phi) is 5.18. The van der Waals surface area contributed by atoms with E-state index in [1.165, 1.54) is 36.7 Å². The van der Waals surface area contributed by atoms with Gasteiger partial charge in [0.05, 0.1) is 0 Å². The van der Waals surface area contributed by atoms with Crippen molar-refractivity contribution in [1.82, 2.24) is 21.0 Å². The molecular weight excluding hydrogens is 343 g/mol. The summed E-state index contributed by atoms with van der Waals surface area (Å²) in [6, 6.07) is 12.0. The summed E-state index contributed by atoms with van der Waals surface area (Å²) < 4.78 is 23.5. The van der Waals surface area contributed by atoms with Crippen LogP contribution in [0.15, 0.2) is 59.3 Å². The number of nitrogens with zero attached hydrogens (tertiary/aromatic N) is 2. The maximum atomic E-state index is 13.4. The second kappa shape index (κ2) is 7.88. The van der Waals surface area contributed by atoms with Crippen molar-refractivity contribution in [3.05, 3.63) is 66.3 Å². The number of halogens is 1. The number of amides is 2. The number of ether oxygens (including phenoxy) is 1. The Morgan fingerprint density at radius 2 is 1.85 bits per heavy atom. The van der Waals surface area contributed by atoms with Gasteiger partial charge in [0.15, 0.2) is 18.2 Å². The summed E-state index contributed by atoms with van der Waals surface area (Å²) in [5, 5.41) is 7.33. The van der Waals surface area contributed by atoms with E-state index in [4.69, 9.17) is 9.15 Å². The van der Waals surface area contributed by atoms with Crippen molar-refractivity contribution in [2.45, 2.75) is 0 Å². The molecule has 3 aromatic rings. The van der Waals surface area contributed by atoms with Crippen LogP contribution in [0.1, 0.15) is 10.4 Å². The summed E-state index contributed by atoms with van der Waals surface area (Å²) in [5.74, 6) is -1.46. The topological polar surface area (TPSA) is 106 Å². The largest absolute Gasteiger partial charge is 0.481 e. The number of aromatic nitrogens is 2. The van der Waals surface area contributed by atoms with Crippen molar-refractivity contribution in [3.8, 4) is 17.2 Å². The quantitative estimate of drug-likeness (QED) is 0.674. The van der Waals surface area contributed by atoms with Gasteiger partial charge in [-0.15, -0.1) is 10.2 Å². The first-order valence-electron chi connectivity index (χ1n) is 7.46. The van der Waals surface area contributed by atoms with Crippen molar-refractivity contribution in [1.29, 1.82) is 0 Å². The lowest BCUT2D eigenvalue weighted by atomic mass is 10.1. The molecule has 0 atom stereocenters. The highest BCUT2D eigenvalue weighted by molar-refractivity contribution is 5.95. The number of hydrogen-bond donors (Lipinski definition) is 2. The number of benzene rings is 2. The lowest BCUT2D eigenvalue weighted by Crippen LogP contribution is -2.43. The molecule has 2 amide bonds. The Labute approximate surface area is 147 Å². The minimum atomic E-state index is -0.635. The zero-order chi connectivity index (χ0) is 18.4. The average molecular weight is 356 g/mol. The van der Waals surface area contributed by atoms with Crippen LogP contribution in [0.2, 0.25) is 0 Å². The zero-order valence-electron chi connectivity index (χ0n) is 13.3. The number of rotatable bonds is 5. The molecule has 26 heavy (non-hydrogen) atoms. The van der Waals surface area contributed by atoms with Gasteiger partial charge in [0.25, 0.3) is 11.8 Å². The number of carbonyl (C=O) groups is 2. The van der Waals surface area contributed by atoms with Crippen molar-refractivity contribution in [3.63, 3.8) is 0 Å². The van der Waals surface area contributed by atoms with Gasteiger partial charge in [-0.1, -0.05) is 12.1 Å². The number of nitrogens with one attached hydrogen (secondary N) is 2. The van der Waals surface area contributed by atoms with E-state index in [1.807, 2.05) is 0 Å². The summed E-state index contributed by atoms with van der Waals surface area (Å²) in [5.41, 5.74) is 5.39. The summed E-state index contributed by atoms with van der Waals surface area (Å²) in [7, 11) is 0. The Hall–Kier alpha value is -3.75. The molecule has 0 saturated carbocycles. The van der Waals surface area contributed by atoms with Crippen molar-refractivity contribution in [2.24, 2.45) is 0 Å². The van der Waals surface area contributed by atoms with E-state index in [0.717, 1.165) is 0 Å². The third kappa shape index (κ3) is 4.20. The summed E-state index contributed by atoms with van der Waals surface area (Å²) in [6.45, 7) is -0.447. The smallest absolute Gasteiger partial charge is 0.276 e. The Balaban J connectivity index is 1.49. The van der Waals surface area contributed by atoms with Gasteiger partial charge >= 0.3 is 0 Å². The molecule has 2 N–H and O–H groups in total. The standard InChI is InChI=1S/C17H13FN4O4/c18-13-3-1-2-4-14(13)25-9-15(23)20-21-16(24)11-5-7-12(8-6-11)17-22-19-10-26-17/h1-8,10H,9H2,(H,20,23)(H,21,24). The molecule has 2 aromatic carbocycles. The fourth-order valence-corrected chi connectivity index (χ4v) is 2.00. The van der Waals surface area contributed by atoms with Crippen molar-refractivity contribution in [2.75, 3.05) is 6.61 Å². The van der Waals surface area contributed by atoms with Crippen molar-refractivity contribution >= 4 is 11.8 Å². The number of hydrogen-bond acceptors (Lipinski definition) is 6. The molecule has 132 valence electrons. The maximum absolute atomic E-state index is 13.4. The minimum absolute atomic E-state index is 0.0504. The van der Waals surface area contributed by atoms with Gasteiger partial charge in [-0.05, 0) is 36.4 Å². The molecule has 0 spiro atoms. The van der Waals surface area contributed by atoms with Crippen molar-refractivity contribution < 1.29 is 23.1 Å². The van der Waals surface area contributed by atoms with Gasteiger partial charge in [0.2, 0.25) is 12.3 Å². The van der Waals surface area contributed by atoms with Gasteiger partial charge in [0, 0.05) is 11.1 Å². The molecule has 0 aliphatic heterocycles. The molecule has 9 heteroatoms. The highest BCUT2D eigenvalue weighted by Crippen LogP contribution is 2.16. The van der Waals surface area contributed by atoms with Crippen LogP contribution >= 0.6 is 0 Å². The molecule has 0 aliphatic rings. The summed E-state index contributed by atoms with van der Waals surface area (Å²) >= 11 is 0. The van der Waals surface area contributed by atoms with E-state index < -0.39 is 24.2 Å². The summed E-state index contributed by atoms with van der Waals surface area (Å²) in [6.07, 6.45) is 1.20. The first-order chi connectivity index (χ1) is 12.6. The Bertz CT molecular complexity index is 897. The molecule has 0 aliphatic carbocycles. The van der Waals surface area contributed by atoms with Crippen LogP contribution in [0, 0.1) is 5.82 Å². The Morgan fingerprint density at radius 3 is 2.54 bits per heavy atom. The van der Waals surface area contributed by atoms with Gasteiger partial charge < -0.3 is 9.15 Å². The SMILES string of the molecule is O=C(COc1ccccc1F)NNC(=O)c1ccc(-c2nnco2)cc1. The molecule has 0 saturated heterocycles. The fourth-order valence-electron chi connectivity index (χ4n) is 2.00. The third-order valence-electron chi connectivity index (χ3n) is 3.26. The second-order valence-electron chi connectivity index (χ2n) is 5.04. The first-order valence-corrected chi connectivity index (χ1v) is 7.46. The van der Waals surface area contributed by atoms with Crippen LogP contribution in [-0.4, -0.2) is 28.6 Å². The van der Waals surface area contributed by atoms with Crippen LogP contribution in [0.5, 0.6) is 5.75 Å². The minimum Gasteiger partial charge on any atom is -0.481 e. The number of carbonyl (C=O) groups excluding carboxylic acids is 2. The predicted octanol–water partition coefficient (Wildman–Crippen LogP) is 1.72. The van der Waals surface area contributed by atoms with Crippen LogP contribution in [0.3, 0.4) is 0 Å². The monoisotopic (exact) mass is 356 g/mol. The van der Waals surface area contributed by atoms with Crippen LogP contribution in [-0.2, 0) is 4.79 Å². The van der Waals surface area contributed by atoms with E-state index in [9.17, 15) is 14.0 Å². The van der Waals surface area contributed by atoms with E-state index in [2.05, 4.69) is 21.0 Å².